The lowest BCUT2D eigenvalue weighted by Crippen LogP contribution is -2.53. The summed E-state index contributed by atoms with van der Waals surface area (Å²) < 4.78 is 26.4. The van der Waals surface area contributed by atoms with Crippen LogP contribution in [0, 0.1) is 17.6 Å². The fraction of sp³-hybridized carbons (Fsp3) is 0.600. The highest BCUT2D eigenvalue weighted by molar-refractivity contribution is 5.24. The van der Waals surface area contributed by atoms with Crippen LogP contribution in [0.15, 0.2) is 18.2 Å². The highest BCUT2D eigenvalue weighted by Gasteiger charge is 2.45. The number of nitrogens with one attached hydrogen (secondary N) is 1. The summed E-state index contributed by atoms with van der Waals surface area (Å²) in [6, 6.07) is 3.97. The van der Waals surface area contributed by atoms with Crippen molar-refractivity contribution in [2.24, 2.45) is 5.92 Å². The number of aliphatic hydroxyl groups is 1. The monoisotopic (exact) mass is 267 g/mol. The molecule has 1 aromatic carbocycles. The van der Waals surface area contributed by atoms with Gasteiger partial charge in [-0.3, -0.25) is 0 Å². The summed E-state index contributed by atoms with van der Waals surface area (Å²) >= 11 is 0. The van der Waals surface area contributed by atoms with Crippen molar-refractivity contribution in [3.63, 3.8) is 0 Å². The Balaban J connectivity index is 1.92. The summed E-state index contributed by atoms with van der Waals surface area (Å²) in [6.45, 7) is 0.719. The zero-order valence-corrected chi connectivity index (χ0v) is 10.8. The van der Waals surface area contributed by atoms with Crippen LogP contribution in [-0.2, 0) is 0 Å². The molecule has 3 rings (SSSR count). The molecule has 2 nitrogen and oxygen atoms in total. The van der Waals surface area contributed by atoms with E-state index in [0.717, 1.165) is 44.2 Å². The van der Waals surface area contributed by atoms with Gasteiger partial charge in [0.05, 0.1) is 5.60 Å². The van der Waals surface area contributed by atoms with Crippen molar-refractivity contribution < 1.29 is 13.9 Å². The predicted molar refractivity (Wildman–Crippen MR) is 68.6 cm³/mol. The molecular weight excluding hydrogens is 248 g/mol. The summed E-state index contributed by atoms with van der Waals surface area (Å²) in [4.78, 5) is 0. The first-order valence-electron chi connectivity index (χ1n) is 7.01. The van der Waals surface area contributed by atoms with Crippen LogP contribution in [0.3, 0.4) is 0 Å². The van der Waals surface area contributed by atoms with E-state index in [1.165, 1.54) is 12.1 Å². The molecule has 2 fully saturated rings. The SMILES string of the molecule is O[C@]12CCCC[C@@H]1[C@H](c1ccc(F)c(F)c1)NCC2. The molecule has 2 N–H and O–H groups in total. The molecule has 1 heterocycles. The van der Waals surface area contributed by atoms with Gasteiger partial charge < -0.3 is 10.4 Å². The van der Waals surface area contributed by atoms with Crippen molar-refractivity contribution in [1.82, 2.24) is 5.32 Å². The molecule has 0 unspecified atom stereocenters. The molecule has 104 valence electrons. The molecule has 19 heavy (non-hydrogen) atoms. The summed E-state index contributed by atoms with van der Waals surface area (Å²) in [5, 5.41) is 14.1. The largest absolute Gasteiger partial charge is 0.389 e. The van der Waals surface area contributed by atoms with E-state index in [0.29, 0.717) is 0 Å². The lowest BCUT2D eigenvalue weighted by Gasteiger charge is -2.48. The number of hydrogen-bond acceptors (Lipinski definition) is 2. The Labute approximate surface area is 111 Å². The average Bonchev–Trinajstić information content (AvgIpc) is 2.40. The number of rotatable bonds is 1. The Kier molecular flexibility index (Phi) is 3.31. The summed E-state index contributed by atoms with van der Waals surface area (Å²) in [6.07, 6.45) is 4.65. The zero-order valence-electron chi connectivity index (χ0n) is 10.8. The maximum absolute atomic E-state index is 13.4. The minimum Gasteiger partial charge on any atom is -0.389 e. The third-order valence-corrected chi connectivity index (χ3v) is 4.69. The van der Waals surface area contributed by atoms with Crippen LogP contribution >= 0.6 is 0 Å². The number of piperidine rings is 1. The molecule has 0 radical (unpaired) electrons. The Hall–Kier alpha value is -1.00. The van der Waals surface area contributed by atoms with Gasteiger partial charge >= 0.3 is 0 Å². The molecule has 1 saturated heterocycles. The van der Waals surface area contributed by atoms with Gasteiger partial charge in [-0.05, 0) is 43.5 Å². The van der Waals surface area contributed by atoms with Gasteiger partial charge in [0.15, 0.2) is 11.6 Å². The third-order valence-electron chi connectivity index (χ3n) is 4.69. The van der Waals surface area contributed by atoms with Crippen molar-refractivity contribution in [3.8, 4) is 0 Å². The van der Waals surface area contributed by atoms with E-state index in [4.69, 9.17) is 0 Å². The maximum atomic E-state index is 13.4. The Morgan fingerprint density at radius 1 is 1.16 bits per heavy atom. The van der Waals surface area contributed by atoms with Crippen molar-refractivity contribution in [1.29, 1.82) is 0 Å². The van der Waals surface area contributed by atoms with E-state index in [9.17, 15) is 13.9 Å². The van der Waals surface area contributed by atoms with E-state index in [2.05, 4.69) is 5.32 Å². The summed E-state index contributed by atoms with van der Waals surface area (Å²) in [5.41, 5.74) is 0.0999. The second kappa shape index (κ2) is 4.84. The van der Waals surface area contributed by atoms with Crippen LogP contribution in [-0.4, -0.2) is 17.3 Å². The maximum Gasteiger partial charge on any atom is 0.159 e. The van der Waals surface area contributed by atoms with Crippen molar-refractivity contribution >= 4 is 0 Å². The molecule has 1 aromatic rings. The second-order valence-electron chi connectivity index (χ2n) is 5.81. The number of fused-ring (bicyclic) bond motifs is 1. The molecule has 1 saturated carbocycles. The molecule has 4 heteroatoms. The van der Waals surface area contributed by atoms with Crippen molar-refractivity contribution in [2.75, 3.05) is 6.54 Å². The molecular formula is C15H19F2NO. The predicted octanol–water partition coefficient (Wildman–Crippen LogP) is 2.92. The number of benzene rings is 1. The normalized spacial score (nSPS) is 34.9. The first-order chi connectivity index (χ1) is 9.10. The summed E-state index contributed by atoms with van der Waals surface area (Å²) in [7, 11) is 0. The van der Waals surface area contributed by atoms with Crippen molar-refractivity contribution in [2.45, 2.75) is 43.7 Å². The lowest BCUT2D eigenvalue weighted by atomic mass is 9.67. The van der Waals surface area contributed by atoms with Crippen LogP contribution in [0.1, 0.15) is 43.7 Å². The lowest BCUT2D eigenvalue weighted by molar-refractivity contribution is -0.0861. The molecule has 3 atom stereocenters. The number of halogens is 2. The molecule has 1 aliphatic carbocycles. The Bertz CT molecular complexity index is 475. The molecule has 0 amide bonds. The third kappa shape index (κ3) is 2.28. The fourth-order valence-electron chi connectivity index (χ4n) is 3.68. The molecule has 0 aromatic heterocycles. The highest BCUT2D eigenvalue weighted by atomic mass is 19.2. The fourth-order valence-corrected chi connectivity index (χ4v) is 3.68. The van der Waals surface area contributed by atoms with Gasteiger partial charge in [-0.1, -0.05) is 18.9 Å². The van der Waals surface area contributed by atoms with Gasteiger partial charge in [0.25, 0.3) is 0 Å². The van der Waals surface area contributed by atoms with E-state index in [1.54, 1.807) is 6.07 Å². The Morgan fingerprint density at radius 3 is 2.79 bits per heavy atom. The molecule has 1 aliphatic heterocycles. The first kappa shape index (κ1) is 13.0. The smallest absolute Gasteiger partial charge is 0.159 e. The van der Waals surface area contributed by atoms with Gasteiger partial charge in [-0.25, -0.2) is 8.78 Å². The van der Waals surface area contributed by atoms with Gasteiger partial charge in [0, 0.05) is 12.0 Å². The van der Waals surface area contributed by atoms with Crippen molar-refractivity contribution in [3.05, 3.63) is 35.4 Å². The Morgan fingerprint density at radius 2 is 2.00 bits per heavy atom. The van der Waals surface area contributed by atoms with Crippen LogP contribution in [0.2, 0.25) is 0 Å². The molecule has 0 spiro atoms. The van der Waals surface area contributed by atoms with E-state index >= 15 is 0 Å². The number of hydrogen-bond donors (Lipinski definition) is 2. The standard InChI is InChI=1S/C15H19F2NO/c16-12-5-4-10(9-13(12)17)14-11-3-1-2-6-15(11,19)7-8-18-14/h4-5,9,11,14,18-19H,1-3,6-8H2/t11-,14+,15+/m1/s1. The second-order valence-corrected chi connectivity index (χ2v) is 5.81. The van der Waals surface area contributed by atoms with Gasteiger partial charge in [-0.2, -0.15) is 0 Å². The van der Waals surface area contributed by atoms with E-state index < -0.39 is 17.2 Å². The van der Waals surface area contributed by atoms with Gasteiger partial charge in [0.2, 0.25) is 0 Å². The average molecular weight is 267 g/mol. The zero-order chi connectivity index (χ0) is 13.5. The topological polar surface area (TPSA) is 32.3 Å². The quantitative estimate of drug-likeness (QED) is 0.820. The van der Waals surface area contributed by atoms with E-state index in [1.807, 2.05) is 0 Å². The van der Waals surface area contributed by atoms with Crippen LogP contribution in [0.25, 0.3) is 0 Å². The van der Waals surface area contributed by atoms with Crippen LogP contribution in [0.4, 0.5) is 8.78 Å². The minimum absolute atomic E-state index is 0.0749. The first-order valence-corrected chi connectivity index (χ1v) is 7.01. The van der Waals surface area contributed by atoms with Crippen LogP contribution < -0.4 is 5.32 Å². The molecule has 0 bridgehead atoms. The van der Waals surface area contributed by atoms with Gasteiger partial charge in [0.1, 0.15) is 0 Å². The van der Waals surface area contributed by atoms with Gasteiger partial charge in [-0.15, -0.1) is 0 Å². The minimum atomic E-state index is -0.821. The summed E-state index contributed by atoms with van der Waals surface area (Å²) in [5.74, 6) is -1.54. The molecule has 2 aliphatic rings. The van der Waals surface area contributed by atoms with Crippen LogP contribution in [0.5, 0.6) is 0 Å². The highest BCUT2D eigenvalue weighted by Crippen LogP contribution is 2.45. The van der Waals surface area contributed by atoms with E-state index in [-0.39, 0.29) is 12.0 Å².